The topological polar surface area (TPSA) is 51.3 Å². The molecule has 140 valence electrons. The Balaban J connectivity index is 1.46. The number of hydrogen-bond donors (Lipinski definition) is 1. The fourth-order valence-corrected chi connectivity index (χ4v) is 3.31. The fraction of sp³-hybridized carbons (Fsp3) is 0.182. The Morgan fingerprint density at radius 3 is 2.57 bits per heavy atom. The molecule has 0 atom stereocenters. The van der Waals surface area contributed by atoms with E-state index in [0.29, 0.717) is 11.6 Å². The Kier molecular flexibility index (Phi) is 3.97. The number of rotatable bonds is 5. The van der Waals surface area contributed by atoms with E-state index < -0.39 is 0 Å². The van der Waals surface area contributed by atoms with Gasteiger partial charge in [0, 0.05) is 24.5 Å². The molecule has 28 heavy (non-hydrogen) atoms. The summed E-state index contributed by atoms with van der Waals surface area (Å²) in [5.41, 5.74) is 3.32. The summed E-state index contributed by atoms with van der Waals surface area (Å²) in [6.45, 7) is 0.723. The van der Waals surface area contributed by atoms with Gasteiger partial charge < -0.3 is 9.72 Å². The van der Waals surface area contributed by atoms with Crippen LogP contribution in [0.3, 0.4) is 0 Å². The van der Waals surface area contributed by atoms with Gasteiger partial charge >= 0.3 is 0 Å². The predicted octanol–water partition coefficient (Wildman–Crippen LogP) is 4.07. The van der Waals surface area contributed by atoms with Gasteiger partial charge in [0.25, 0.3) is 5.91 Å². The molecule has 0 bridgehead atoms. The van der Waals surface area contributed by atoms with Gasteiger partial charge in [-0.3, -0.25) is 4.79 Å². The standard InChI is InChI=1S/C22H19FN4O/c23-18-6-3-16(4-7-18)17-5-8-19-9-10-21(26(19)14-17)27-12-11-20(25-27)22(28)24-13-15-1-2-15/h3-12,14-15H,1-2,13H2,(H,24,28). The molecule has 1 aliphatic carbocycles. The zero-order chi connectivity index (χ0) is 19.1. The van der Waals surface area contributed by atoms with Crippen molar-refractivity contribution >= 4 is 11.4 Å². The minimum atomic E-state index is -0.254. The van der Waals surface area contributed by atoms with E-state index in [1.54, 1.807) is 29.1 Å². The van der Waals surface area contributed by atoms with E-state index >= 15 is 0 Å². The predicted molar refractivity (Wildman–Crippen MR) is 105 cm³/mol. The smallest absolute Gasteiger partial charge is 0.271 e. The van der Waals surface area contributed by atoms with Crippen LogP contribution < -0.4 is 5.32 Å². The van der Waals surface area contributed by atoms with Crippen molar-refractivity contribution in [2.24, 2.45) is 5.92 Å². The molecule has 0 aliphatic heterocycles. The Labute approximate surface area is 161 Å². The minimum Gasteiger partial charge on any atom is -0.350 e. The number of hydrogen-bond acceptors (Lipinski definition) is 2. The van der Waals surface area contributed by atoms with Crippen LogP contribution in [-0.2, 0) is 0 Å². The van der Waals surface area contributed by atoms with Crippen molar-refractivity contribution in [3.63, 3.8) is 0 Å². The number of fused-ring (bicyclic) bond motifs is 1. The van der Waals surface area contributed by atoms with Crippen LogP contribution in [-0.4, -0.2) is 26.6 Å². The highest BCUT2D eigenvalue weighted by Gasteiger charge is 2.22. The molecule has 0 spiro atoms. The largest absolute Gasteiger partial charge is 0.350 e. The lowest BCUT2D eigenvalue weighted by Gasteiger charge is -2.07. The number of carbonyl (C=O) groups excluding carboxylic acids is 1. The van der Waals surface area contributed by atoms with Crippen LogP contribution in [0.1, 0.15) is 23.3 Å². The van der Waals surface area contributed by atoms with E-state index in [1.165, 1.54) is 25.0 Å². The van der Waals surface area contributed by atoms with Crippen LogP contribution in [0.2, 0.25) is 0 Å². The van der Waals surface area contributed by atoms with E-state index in [4.69, 9.17) is 0 Å². The second-order valence-electron chi connectivity index (χ2n) is 7.21. The molecule has 3 aromatic heterocycles. The third-order valence-electron chi connectivity index (χ3n) is 5.11. The number of nitrogens with zero attached hydrogens (tertiary/aromatic N) is 3. The van der Waals surface area contributed by atoms with Crippen LogP contribution in [0.25, 0.3) is 22.5 Å². The quantitative estimate of drug-likeness (QED) is 0.572. The van der Waals surface area contributed by atoms with Gasteiger partial charge in [0.15, 0.2) is 5.69 Å². The lowest BCUT2D eigenvalue weighted by atomic mass is 10.1. The van der Waals surface area contributed by atoms with Gasteiger partial charge in [-0.05, 0) is 66.3 Å². The Morgan fingerprint density at radius 2 is 1.79 bits per heavy atom. The van der Waals surface area contributed by atoms with Crippen molar-refractivity contribution in [1.29, 1.82) is 0 Å². The van der Waals surface area contributed by atoms with E-state index in [9.17, 15) is 9.18 Å². The normalized spacial score (nSPS) is 13.8. The molecule has 1 saturated carbocycles. The molecule has 6 heteroatoms. The van der Waals surface area contributed by atoms with Gasteiger partial charge in [-0.25, -0.2) is 9.07 Å². The van der Waals surface area contributed by atoms with Gasteiger partial charge in [-0.1, -0.05) is 18.2 Å². The first-order valence-corrected chi connectivity index (χ1v) is 9.39. The molecule has 4 aromatic rings. The van der Waals surface area contributed by atoms with Crippen LogP contribution >= 0.6 is 0 Å². The molecular formula is C22H19FN4O. The number of nitrogens with one attached hydrogen (secondary N) is 1. The molecule has 3 heterocycles. The molecule has 1 N–H and O–H groups in total. The summed E-state index contributed by atoms with van der Waals surface area (Å²) in [7, 11) is 0. The van der Waals surface area contributed by atoms with Gasteiger partial charge in [0.05, 0.1) is 0 Å². The van der Waals surface area contributed by atoms with Crippen LogP contribution in [0, 0.1) is 11.7 Å². The first-order valence-electron chi connectivity index (χ1n) is 9.39. The fourth-order valence-electron chi connectivity index (χ4n) is 3.31. The average molecular weight is 374 g/mol. The zero-order valence-corrected chi connectivity index (χ0v) is 15.2. The summed E-state index contributed by atoms with van der Waals surface area (Å²) >= 11 is 0. The van der Waals surface area contributed by atoms with Gasteiger partial charge in [0.1, 0.15) is 11.6 Å². The molecule has 1 aromatic carbocycles. The van der Waals surface area contributed by atoms with Gasteiger partial charge in [-0.2, -0.15) is 5.10 Å². The third-order valence-corrected chi connectivity index (χ3v) is 5.11. The minimum absolute atomic E-state index is 0.140. The van der Waals surface area contributed by atoms with Crippen molar-refractivity contribution in [3.05, 3.63) is 78.5 Å². The van der Waals surface area contributed by atoms with Crippen LogP contribution in [0.4, 0.5) is 4.39 Å². The lowest BCUT2D eigenvalue weighted by Crippen LogP contribution is -2.26. The van der Waals surface area contributed by atoms with Gasteiger partial charge in [-0.15, -0.1) is 0 Å². The molecule has 0 saturated heterocycles. The number of halogens is 1. The van der Waals surface area contributed by atoms with Crippen molar-refractivity contribution in [2.75, 3.05) is 6.54 Å². The molecule has 1 fully saturated rings. The first-order chi connectivity index (χ1) is 13.7. The summed E-state index contributed by atoms with van der Waals surface area (Å²) in [6, 6.07) is 16.1. The molecule has 5 rings (SSSR count). The molecule has 0 radical (unpaired) electrons. The summed E-state index contributed by atoms with van der Waals surface area (Å²) in [5.74, 6) is 1.07. The van der Waals surface area contributed by atoms with E-state index in [2.05, 4.69) is 10.4 Å². The number of carbonyl (C=O) groups is 1. The maximum absolute atomic E-state index is 13.2. The third kappa shape index (κ3) is 3.17. The molecular weight excluding hydrogens is 355 g/mol. The van der Waals surface area contributed by atoms with E-state index in [0.717, 1.165) is 29.0 Å². The molecule has 1 amide bonds. The number of pyridine rings is 1. The summed E-state index contributed by atoms with van der Waals surface area (Å²) in [6.07, 6.45) is 6.17. The number of amides is 1. The van der Waals surface area contributed by atoms with Crippen molar-refractivity contribution in [1.82, 2.24) is 19.5 Å². The van der Waals surface area contributed by atoms with Gasteiger partial charge in [0.2, 0.25) is 0 Å². The highest BCUT2D eigenvalue weighted by Crippen LogP contribution is 2.27. The maximum Gasteiger partial charge on any atom is 0.271 e. The molecule has 0 unspecified atom stereocenters. The van der Waals surface area contributed by atoms with Crippen molar-refractivity contribution < 1.29 is 9.18 Å². The number of benzene rings is 1. The van der Waals surface area contributed by atoms with E-state index in [1.807, 2.05) is 34.9 Å². The van der Waals surface area contributed by atoms with Crippen molar-refractivity contribution in [2.45, 2.75) is 12.8 Å². The van der Waals surface area contributed by atoms with Crippen LogP contribution in [0.15, 0.2) is 67.0 Å². The summed E-state index contributed by atoms with van der Waals surface area (Å²) < 4.78 is 16.9. The lowest BCUT2D eigenvalue weighted by molar-refractivity contribution is 0.0946. The highest BCUT2D eigenvalue weighted by atomic mass is 19.1. The van der Waals surface area contributed by atoms with Crippen molar-refractivity contribution in [3.8, 4) is 16.9 Å². The number of aromatic nitrogens is 3. The second-order valence-corrected chi connectivity index (χ2v) is 7.21. The zero-order valence-electron chi connectivity index (χ0n) is 15.2. The van der Waals surface area contributed by atoms with Crippen LogP contribution in [0.5, 0.6) is 0 Å². The second kappa shape index (κ2) is 6.64. The molecule has 5 nitrogen and oxygen atoms in total. The first kappa shape index (κ1) is 16.7. The SMILES string of the molecule is O=C(NCC1CC1)c1ccn(-c2ccc3ccc(-c4ccc(F)cc4)cn23)n1. The Bertz CT molecular complexity index is 1150. The Hall–Kier alpha value is -3.41. The highest BCUT2D eigenvalue weighted by molar-refractivity contribution is 5.92. The summed E-state index contributed by atoms with van der Waals surface area (Å²) in [5, 5.41) is 7.39. The summed E-state index contributed by atoms with van der Waals surface area (Å²) in [4.78, 5) is 12.3. The Morgan fingerprint density at radius 1 is 1.04 bits per heavy atom. The maximum atomic E-state index is 13.2. The molecule has 1 aliphatic rings. The monoisotopic (exact) mass is 374 g/mol. The average Bonchev–Trinajstić information content (AvgIpc) is 3.24. The van der Waals surface area contributed by atoms with E-state index in [-0.39, 0.29) is 11.7 Å².